The third kappa shape index (κ3) is 7.17. The third-order valence-electron chi connectivity index (χ3n) is 6.52. The second kappa shape index (κ2) is 12.7. The van der Waals surface area contributed by atoms with Gasteiger partial charge in [-0.2, -0.15) is 0 Å². The lowest BCUT2D eigenvalue weighted by atomic mass is 9.98. The molecular formula is C33H32O4. The van der Waals surface area contributed by atoms with Crippen LogP contribution >= 0.6 is 0 Å². The lowest BCUT2D eigenvalue weighted by Crippen LogP contribution is -2.10. The summed E-state index contributed by atoms with van der Waals surface area (Å²) in [6.45, 7) is 2.23. The molecule has 0 aliphatic carbocycles. The number of hydrogen-bond acceptors (Lipinski definition) is 4. The predicted molar refractivity (Wildman–Crippen MR) is 147 cm³/mol. The summed E-state index contributed by atoms with van der Waals surface area (Å²) in [5.74, 6) is -0.296. The number of aldehydes is 1. The molecule has 0 spiro atoms. The van der Waals surface area contributed by atoms with E-state index in [1.165, 1.54) is 65.8 Å². The molecule has 0 aromatic heterocycles. The normalized spacial score (nSPS) is 10.7. The number of aromatic hydroxyl groups is 1. The van der Waals surface area contributed by atoms with Crippen molar-refractivity contribution < 1.29 is 19.4 Å². The molecule has 0 aliphatic rings. The van der Waals surface area contributed by atoms with Crippen LogP contribution in [0.4, 0.5) is 0 Å². The van der Waals surface area contributed by atoms with E-state index in [4.69, 9.17) is 4.74 Å². The number of phenolic OH excluding ortho intramolecular Hbond substituents is 1. The van der Waals surface area contributed by atoms with Gasteiger partial charge in [0.15, 0.2) is 6.29 Å². The van der Waals surface area contributed by atoms with E-state index < -0.39 is 5.97 Å². The molecule has 4 aromatic carbocycles. The topological polar surface area (TPSA) is 63.6 Å². The Morgan fingerprint density at radius 1 is 0.730 bits per heavy atom. The average Bonchev–Trinajstić information content (AvgIpc) is 2.93. The first-order valence-corrected chi connectivity index (χ1v) is 12.8. The molecule has 0 bridgehead atoms. The van der Waals surface area contributed by atoms with Crippen LogP contribution in [-0.4, -0.2) is 17.4 Å². The number of benzene rings is 4. The lowest BCUT2D eigenvalue weighted by molar-refractivity contribution is 0.0733. The Bertz CT molecular complexity index is 1320. The Morgan fingerprint density at radius 3 is 1.89 bits per heavy atom. The van der Waals surface area contributed by atoms with Crippen molar-refractivity contribution in [2.24, 2.45) is 0 Å². The first-order valence-electron chi connectivity index (χ1n) is 12.8. The lowest BCUT2D eigenvalue weighted by Gasteiger charge is -2.10. The number of ether oxygens (including phenoxy) is 1. The molecule has 0 radical (unpaired) electrons. The van der Waals surface area contributed by atoms with E-state index in [1.807, 2.05) is 6.07 Å². The number of unbranched alkanes of at least 4 members (excludes halogenated alkanes) is 2. The molecule has 4 aromatic rings. The van der Waals surface area contributed by atoms with E-state index in [1.54, 1.807) is 12.1 Å². The van der Waals surface area contributed by atoms with Gasteiger partial charge >= 0.3 is 5.97 Å². The van der Waals surface area contributed by atoms with E-state index in [-0.39, 0.29) is 11.5 Å². The Morgan fingerprint density at radius 2 is 1.30 bits per heavy atom. The van der Waals surface area contributed by atoms with Crippen molar-refractivity contribution in [1.29, 1.82) is 0 Å². The molecule has 37 heavy (non-hydrogen) atoms. The van der Waals surface area contributed by atoms with E-state index in [0.29, 0.717) is 17.4 Å². The van der Waals surface area contributed by atoms with Crippen LogP contribution in [0, 0.1) is 0 Å². The first-order chi connectivity index (χ1) is 18.1. The van der Waals surface area contributed by atoms with Gasteiger partial charge < -0.3 is 9.84 Å². The van der Waals surface area contributed by atoms with E-state index >= 15 is 0 Å². The van der Waals surface area contributed by atoms with Crippen molar-refractivity contribution >= 4 is 12.3 Å². The van der Waals surface area contributed by atoms with Gasteiger partial charge in [-0.25, -0.2) is 4.79 Å². The fourth-order valence-electron chi connectivity index (χ4n) is 4.29. The minimum absolute atomic E-state index is 0.0657. The molecule has 4 rings (SSSR count). The average molecular weight is 493 g/mol. The minimum Gasteiger partial charge on any atom is -0.508 e. The SMILES string of the molecule is CCCCCc1ccc(-c2ccc(CCc3ccc(OC(=O)c4ccc(O)cc4)c(C=O)c3)cc2)cc1. The van der Waals surface area contributed by atoms with Gasteiger partial charge in [0.2, 0.25) is 0 Å². The molecule has 0 saturated carbocycles. The number of carbonyl (C=O) groups excluding carboxylic acids is 2. The maximum absolute atomic E-state index is 12.4. The van der Waals surface area contributed by atoms with Crippen LogP contribution in [0.3, 0.4) is 0 Å². The fourth-order valence-corrected chi connectivity index (χ4v) is 4.29. The molecule has 4 nitrogen and oxygen atoms in total. The number of rotatable bonds is 11. The summed E-state index contributed by atoms with van der Waals surface area (Å²) in [5.41, 5.74) is 6.66. The largest absolute Gasteiger partial charge is 0.508 e. The van der Waals surface area contributed by atoms with Crippen molar-refractivity contribution in [3.63, 3.8) is 0 Å². The van der Waals surface area contributed by atoms with Gasteiger partial charge in [0, 0.05) is 0 Å². The summed E-state index contributed by atoms with van der Waals surface area (Å²) in [4.78, 5) is 24.0. The highest BCUT2D eigenvalue weighted by atomic mass is 16.5. The molecule has 0 unspecified atom stereocenters. The Kier molecular flexibility index (Phi) is 8.88. The molecule has 0 aliphatic heterocycles. The maximum atomic E-state index is 12.4. The van der Waals surface area contributed by atoms with Crippen molar-refractivity contribution in [2.75, 3.05) is 0 Å². The van der Waals surface area contributed by atoms with Crippen LogP contribution in [0.15, 0.2) is 91.0 Å². The van der Waals surface area contributed by atoms with Gasteiger partial charge in [-0.3, -0.25) is 4.79 Å². The van der Waals surface area contributed by atoms with Crippen LogP contribution in [0.25, 0.3) is 11.1 Å². The number of phenols is 1. The molecule has 1 N–H and O–H groups in total. The standard InChI is InChI=1S/C33H32O4/c1-2-3-4-5-24-8-13-27(14-9-24)28-15-10-25(11-16-28)6-7-26-12-21-32(30(22-26)23-34)37-33(36)29-17-19-31(35)20-18-29/h8-23,35H,2-7H2,1H3. The number of carbonyl (C=O) groups is 2. The van der Waals surface area contributed by atoms with Gasteiger partial charge in [-0.1, -0.05) is 74.4 Å². The second-order valence-corrected chi connectivity index (χ2v) is 9.28. The van der Waals surface area contributed by atoms with E-state index in [2.05, 4.69) is 55.5 Å². The maximum Gasteiger partial charge on any atom is 0.343 e. The zero-order valence-electron chi connectivity index (χ0n) is 21.2. The Labute approximate surface area is 218 Å². The monoisotopic (exact) mass is 492 g/mol. The van der Waals surface area contributed by atoms with Crippen LogP contribution < -0.4 is 4.74 Å². The summed E-state index contributed by atoms with van der Waals surface area (Å²) >= 11 is 0. The molecule has 0 heterocycles. The summed E-state index contributed by atoms with van der Waals surface area (Å²) in [5, 5.41) is 9.38. The van der Waals surface area contributed by atoms with Gasteiger partial charge in [-0.05, 0) is 89.9 Å². The highest BCUT2D eigenvalue weighted by molar-refractivity contribution is 5.92. The summed E-state index contributed by atoms with van der Waals surface area (Å²) in [6, 6.07) is 28.6. The summed E-state index contributed by atoms with van der Waals surface area (Å²) in [7, 11) is 0. The second-order valence-electron chi connectivity index (χ2n) is 9.28. The number of esters is 1. The van der Waals surface area contributed by atoms with Crippen molar-refractivity contribution in [3.05, 3.63) is 119 Å². The van der Waals surface area contributed by atoms with Crippen molar-refractivity contribution in [3.8, 4) is 22.6 Å². The zero-order valence-corrected chi connectivity index (χ0v) is 21.2. The number of aryl methyl sites for hydroxylation is 3. The van der Waals surface area contributed by atoms with E-state index in [9.17, 15) is 14.7 Å². The van der Waals surface area contributed by atoms with Crippen molar-refractivity contribution in [1.82, 2.24) is 0 Å². The summed E-state index contributed by atoms with van der Waals surface area (Å²) in [6.07, 6.45) is 7.20. The molecule has 4 heteroatoms. The Balaban J connectivity index is 1.35. The zero-order chi connectivity index (χ0) is 26.0. The molecule has 0 atom stereocenters. The highest BCUT2D eigenvalue weighted by Gasteiger charge is 2.12. The molecule has 0 fully saturated rings. The first kappa shape index (κ1) is 25.9. The van der Waals surface area contributed by atoms with Gasteiger partial charge in [0.1, 0.15) is 11.5 Å². The minimum atomic E-state index is -0.581. The molecule has 188 valence electrons. The van der Waals surface area contributed by atoms with Gasteiger partial charge in [0.05, 0.1) is 11.1 Å². The summed E-state index contributed by atoms with van der Waals surface area (Å²) < 4.78 is 5.42. The van der Waals surface area contributed by atoms with Crippen LogP contribution in [0.2, 0.25) is 0 Å². The molecular weight excluding hydrogens is 460 g/mol. The van der Waals surface area contributed by atoms with Gasteiger partial charge in [0.25, 0.3) is 0 Å². The smallest absolute Gasteiger partial charge is 0.343 e. The van der Waals surface area contributed by atoms with Crippen molar-refractivity contribution in [2.45, 2.75) is 45.4 Å². The fraction of sp³-hybridized carbons (Fsp3) is 0.212. The van der Waals surface area contributed by atoms with Crippen LogP contribution in [0.1, 0.15) is 63.6 Å². The van der Waals surface area contributed by atoms with Crippen LogP contribution in [0.5, 0.6) is 11.5 Å². The van der Waals surface area contributed by atoms with Crippen LogP contribution in [-0.2, 0) is 19.3 Å². The number of hydrogen-bond donors (Lipinski definition) is 1. The molecule has 0 saturated heterocycles. The quantitative estimate of drug-likeness (QED) is 0.101. The highest BCUT2D eigenvalue weighted by Crippen LogP contribution is 2.24. The third-order valence-corrected chi connectivity index (χ3v) is 6.52. The molecule has 0 amide bonds. The Hall–Kier alpha value is -4.18. The predicted octanol–water partition coefficient (Wildman–Crippen LogP) is 7.61. The van der Waals surface area contributed by atoms with E-state index in [0.717, 1.165) is 24.8 Å². The van der Waals surface area contributed by atoms with Gasteiger partial charge in [-0.15, -0.1) is 0 Å².